The number of hydrogen-bond donors (Lipinski definition) is 1. The van der Waals surface area contributed by atoms with E-state index in [4.69, 9.17) is 0 Å². The molecule has 0 unspecified atom stereocenters. The lowest BCUT2D eigenvalue weighted by Gasteiger charge is -2.44. The van der Waals surface area contributed by atoms with E-state index in [1.165, 1.54) is 11.1 Å². The molecule has 4 rings (SSSR count). The van der Waals surface area contributed by atoms with Gasteiger partial charge in [-0.25, -0.2) is 9.97 Å². The van der Waals surface area contributed by atoms with Crippen molar-refractivity contribution in [3.8, 4) is 0 Å². The van der Waals surface area contributed by atoms with E-state index in [1.54, 1.807) is 19.4 Å². The van der Waals surface area contributed by atoms with Crippen LogP contribution in [0.15, 0.2) is 42.7 Å². The lowest BCUT2D eigenvalue weighted by Crippen LogP contribution is -2.58. The SMILES string of the molecule is CNC(=O)[C@@]12CCCN(c3ncccn3)[C@@H]1CN(Cc1ccc(C)cc1)C2. The zero-order valence-electron chi connectivity index (χ0n) is 16.1. The van der Waals surface area contributed by atoms with E-state index in [0.29, 0.717) is 0 Å². The van der Waals surface area contributed by atoms with Crippen molar-refractivity contribution in [1.82, 2.24) is 20.2 Å². The smallest absolute Gasteiger partial charge is 0.229 e. The Morgan fingerprint density at radius 2 is 2.00 bits per heavy atom. The quantitative estimate of drug-likeness (QED) is 0.898. The fraction of sp³-hybridized carbons (Fsp3) is 0.476. The molecule has 2 aromatic rings. The van der Waals surface area contributed by atoms with Crippen LogP contribution in [0.4, 0.5) is 5.95 Å². The molecule has 0 radical (unpaired) electrons. The Kier molecular flexibility index (Phi) is 4.83. The van der Waals surface area contributed by atoms with Gasteiger partial charge in [-0.15, -0.1) is 0 Å². The van der Waals surface area contributed by atoms with Gasteiger partial charge in [0.1, 0.15) is 0 Å². The van der Waals surface area contributed by atoms with Crippen LogP contribution in [0.2, 0.25) is 0 Å². The van der Waals surface area contributed by atoms with Gasteiger partial charge in [-0.05, 0) is 31.4 Å². The van der Waals surface area contributed by atoms with Crippen LogP contribution >= 0.6 is 0 Å². The van der Waals surface area contributed by atoms with Crippen LogP contribution in [0.5, 0.6) is 0 Å². The standard InChI is InChI=1S/C21H27N5O/c1-16-5-7-17(8-6-16)13-25-14-18-21(15-25,19(27)22-2)9-3-12-26(18)20-23-10-4-11-24-20/h4-8,10-11,18H,3,9,12-15H2,1-2H3,(H,22,27)/t18-,21-/m1/s1. The number of carbonyl (C=O) groups excluding carboxylic acids is 1. The number of nitrogens with one attached hydrogen (secondary N) is 1. The zero-order valence-corrected chi connectivity index (χ0v) is 16.1. The predicted octanol–water partition coefficient (Wildman–Crippen LogP) is 2.00. The van der Waals surface area contributed by atoms with Crippen molar-refractivity contribution >= 4 is 11.9 Å². The van der Waals surface area contributed by atoms with Gasteiger partial charge in [0.2, 0.25) is 11.9 Å². The highest BCUT2D eigenvalue weighted by Crippen LogP contribution is 2.43. The molecule has 6 nitrogen and oxygen atoms in total. The summed E-state index contributed by atoms with van der Waals surface area (Å²) in [7, 11) is 1.74. The number of anilines is 1. The van der Waals surface area contributed by atoms with E-state index in [2.05, 4.69) is 56.3 Å². The topological polar surface area (TPSA) is 61.4 Å². The lowest BCUT2D eigenvalue weighted by molar-refractivity contribution is -0.131. The maximum absolute atomic E-state index is 13.0. The van der Waals surface area contributed by atoms with E-state index in [1.807, 2.05) is 6.07 Å². The van der Waals surface area contributed by atoms with Gasteiger partial charge in [0.15, 0.2) is 0 Å². The van der Waals surface area contributed by atoms with Crippen molar-refractivity contribution in [3.05, 3.63) is 53.9 Å². The van der Waals surface area contributed by atoms with Crippen LogP contribution in [-0.4, -0.2) is 53.5 Å². The summed E-state index contributed by atoms with van der Waals surface area (Å²) in [6, 6.07) is 10.6. The predicted molar refractivity (Wildman–Crippen MR) is 105 cm³/mol. The van der Waals surface area contributed by atoms with Crippen LogP contribution in [0.25, 0.3) is 0 Å². The molecule has 1 aromatic heterocycles. The zero-order chi connectivity index (χ0) is 18.9. The van der Waals surface area contributed by atoms with E-state index >= 15 is 0 Å². The molecule has 1 aromatic carbocycles. The average Bonchev–Trinajstić information content (AvgIpc) is 3.09. The van der Waals surface area contributed by atoms with Gasteiger partial charge in [-0.1, -0.05) is 29.8 Å². The summed E-state index contributed by atoms with van der Waals surface area (Å²) < 4.78 is 0. The average molecular weight is 365 g/mol. The Morgan fingerprint density at radius 1 is 1.26 bits per heavy atom. The minimum Gasteiger partial charge on any atom is -0.359 e. The molecule has 2 aliphatic heterocycles. The summed E-state index contributed by atoms with van der Waals surface area (Å²) in [5.74, 6) is 0.868. The molecule has 6 heteroatoms. The van der Waals surface area contributed by atoms with E-state index < -0.39 is 5.41 Å². The first-order chi connectivity index (χ1) is 13.1. The van der Waals surface area contributed by atoms with Crippen LogP contribution in [0.3, 0.4) is 0 Å². The van der Waals surface area contributed by atoms with Crippen molar-refractivity contribution in [2.24, 2.45) is 5.41 Å². The molecule has 27 heavy (non-hydrogen) atoms. The molecule has 0 aliphatic carbocycles. The molecule has 0 spiro atoms. The first-order valence-corrected chi connectivity index (χ1v) is 9.66. The van der Waals surface area contributed by atoms with Crippen molar-refractivity contribution in [1.29, 1.82) is 0 Å². The van der Waals surface area contributed by atoms with Crippen molar-refractivity contribution < 1.29 is 4.79 Å². The fourth-order valence-electron chi connectivity index (χ4n) is 4.69. The largest absolute Gasteiger partial charge is 0.359 e. The van der Waals surface area contributed by atoms with Gasteiger partial charge in [-0.2, -0.15) is 0 Å². The van der Waals surface area contributed by atoms with Gasteiger partial charge in [0, 0.05) is 45.6 Å². The number of aromatic nitrogens is 2. The number of hydrogen-bond acceptors (Lipinski definition) is 5. The fourth-order valence-corrected chi connectivity index (χ4v) is 4.69. The second-order valence-electron chi connectivity index (χ2n) is 7.75. The maximum Gasteiger partial charge on any atom is 0.229 e. The van der Waals surface area contributed by atoms with Crippen LogP contribution in [0.1, 0.15) is 24.0 Å². The Balaban J connectivity index is 1.62. The molecule has 1 amide bonds. The number of fused-ring (bicyclic) bond motifs is 1. The van der Waals surface area contributed by atoms with E-state index in [0.717, 1.165) is 45.0 Å². The number of amides is 1. The Hall–Kier alpha value is -2.47. The van der Waals surface area contributed by atoms with Crippen LogP contribution in [-0.2, 0) is 11.3 Å². The van der Waals surface area contributed by atoms with Gasteiger partial charge in [-0.3, -0.25) is 9.69 Å². The summed E-state index contributed by atoms with van der Waals surface area (Å²) in [4.78, 5) is 26.6. The molecular formula is C21H27N5O. The van der Waals surface area contributed by atoms with Crippen LogP contribution in [0, 0.1) is 12.3 Å². The molecule has 0 saturated carbocycles. The summed E-state index contributed by atoms with van der Waals surface area (Å²) in [6.07, 6.45) is 5.43. The number of aryl methyl sites for hydroxylation is 1. The molecule has 2 fully saturated rings. The van der Waals surface area contributed by atoms with E-state index in [9.17, 15) is 4.79 Å². The third kappa shape index (κ3) is 3.30. The van der Waals surface area contributed by atoms with Crippen molar-refractivity contribution in [2.75, 3.05) is 31.6 Å². The molecule has 1 N–H and O–H groups in total. The second-order valence-corrected chi connectivity index (χ2v) is 7.75. The first-order valence-electron chi connectivity index (χ1n) is 9.66. The number of rotatable bonds is 4. The molecule has 2 aliphatic rings. The number of carbonyl (C=O) groups is 1. The molecule has 2 saturated heterocycles. The Labute approximate surface area is 160 Å². The lowest BCUT2D eigenvalue weighted by atomic mass is 9.74. The summed E-state index contributed by atoms with van der Waals surface area (Å²) >= 11 is 0. The number of piperidine rings is 1. The highest BCUT2D eigenvalue weighted by atomic mass is 16.2. The maximum atomic E-state index is 13.0. The molecule has 2 atom stereocenters. The van der Waals surface area contributed by atoms with Gasteiger partial charge < -0.3 is 10.2 Å². The Bertz CT molecular complexity index is 794. The van der Waals surface area contributed by atoms with E-state index in [-0.39, 0.29) is 11.9 Å². The summed E-state index contributed by atoms with van der Waals surface area (Å²) in [6.45, 7) is 5.48. The molecule has 142 valence electrons. The van der Waals surface area contributed by atoms with Gasteiger partial charge >= 0.3 is 0 Å². The summed E-state index contributed by atoms with van der Waals surface area (Å²) in [5, 5.41) is 2.93. The number of nitrogens with zero attached hydrogens (tertiary/aromatic N) is 4. The monoisotopic (exact) mass is 365 g/mol. The van der Waals surface area contributed by atoms with Crippen LogP contribution < -0.4 is 10.2 Å². The molecule has 3 heterocycles. The highest BCUT2D eigenvalue weighted by molar-refractivity contribution is 5.85. The summed E-state index contributed by atoms with van der Waals surface area (Å²) in [5.41, 5.74) is 2.15. The third-order valence-electron chi connectivity index (χ3n) is 5.99. The van der Waals surface area contributed by atoms with Gasteiger partial charge in [0.25, 0.3) is 0 Å². The first kappa shape index (κ1) is 17.9. The molecule has 0 bridgehead atoms. The second kappa shape index (κ2) is 7.27. The van der Waals surface area contributed by atoms with Crippen molar-refractivity contribution in [3.63, 3.8) is 0 Å². The Morgan fingerprint density at radius 3 is 2.70 bits per heavy atom. The minimum absolute atomic E-state index is 0.0963. The van der Waals surface area contributed by atoms with Crippen molar-refractivity contribution in [2.45, 2.75) is 32.4 Å². The van der Waals surface area contributed by atoms with Gasteiger partial charge in [0.05, 0.1) is 11.5 Å². The normalized spacial score (nSPS) is 25.3. The third-order valence-corrected chi connectivity index (χ3v) is 5.99. The number of benzene rings is 1. The highest BCUT2D eigenvalue weighted by Gasteiger charge is 2.55. The molecular weight excluding hydrogens is 338 g/mol. The number of likely N-dealkylation sites (tertiary alicyclic amines) is 1. The minimum atomic E-state index is -0.406.